The SMILES string of the molecule is C#Cc1cccc2cc(O)cc(-c3c(C)cc4c(N5CC6CCC(C5)N6)nc(OCC5(CN6C[C@@H]7C[C@H]6CO7)CC5)nc4c3F)c12. The van der Waals surface area contributed by atoms with Gasteiger partial charge in [-0.15, -0.1) is 6.42 Å². The number of rotatable bonds is 7. The van der Waals surface area contributed by atoms with E-state index in [0.29, 0.717) is 52.9 Å². The number of fused-ring (bicyclic) bond motifs is 6. The lowest BCUT2D eigenvalue weighted by Gasteiger charge is -2.34. The number of aromatic nitrogens is 2. The molecule has 1 saturated carbocycles. The van der Waals surface area contributed by atoms with Gasteiger partial charge >= 0.3 is 6.01 Å². The fourth-order valence-electron chi connectivity index (χ4n) is 8.50. The quantitative estimate of drug-likeness (QED) is 0.275. The van der Waals surface area contributed by atoms with Crippen LogP contribution < -0.4 is 15.0 Å². The molecule has 1 aliphatic carbocycles. The van der Waals surface area contributed by atoms with E-state index in [-0.39, 0.29) is 22.7 Å². The second-order valence-corrected chi connectivity index (χ2v) is 14.3. The first-order chi connectivity index (χ1) is 22.4. The number of nitrogens with one attached hydrogen (secondary N) is 1. The number of likely N-dealkylation sites (tertiary alicyclic amines) is 1. The van der Waals surface area contributed by atoms with Crippen molar-refractivity contribution in [3.8, 4) is 35.2 Å². The number of anilines is 1. The molecule has 4 bridgehead atoms. The molecule has 2 N–H and O–H groups in total. The molecule has 4 aliphatic heterocycles. The Morgan fingerprint density at radius 3 is 2.70 bits per heavy atom. The maximum atomic E-state index is 17.1. The summed E-state index contributed by atoms with van der Waals surface area (Å²) in [7, 11) is 0. The van der Waals surface area contributed by atoms with Crippen LogP contribution in [0.25, 0.3) is 32.8 Å². The van der Waals surface area contributed by atoms with Crippen LogP contribution >= 0.6 is 0 Å². The zero-order chi connectivity index (χ0) is 31.2. The molecule has 9 heteroatoms. The Kier molecular flexibility index (Phi) is 6.47. The highest BCUT2D eigenvalue weighted by Crippen LogP contribution is 2.48. The van der Waals surface area contributed by atoms with E-state index in [0.717, 1.165) is 87.0 Å². The van der Waals surface area contributed by atoms with Gasteiger partial charge in [-0.3, -0.25) is 4.90 Å². The van der Waals surface area contributed by atoms with Crippen molar-refractivity contribution in [1.29, 1.82) is 0 Å². The number of nitrogens with zero attached hydrogens (tertiary/aromatic N) is 4. The molecule has 5 aliphatic rings. The summed E-state index contributed by atoms with van der Waals surface area (Å²) in [6.45, 7) is 6.81. The summed E-state index contributed by atoms with van der Waals surface area (Å²) in [6, 6.07) is 12.3. The number of aryl methyl sites for hydroxylation is 1. The van der Waals surface area contributed by atoms with E-state index in [1.165, 1.54) is 0 Å². The van der Waals surface area contributed by atoms with Gasteiger partial charge < -0.3 is 24.8 Å². The van der Waals surface area contributed by atoms with Crippen molar-refractivity contribution >= 4 is 27.5 Å². The van der Waals surface area contributed by atoms with Crippen molar-refractivity contribution < 1.29 is 19.0 Å². The standard InChI is InChI=1S/C37H38FN5O3/c1-3-22-5-4-6-23-12-27(44)14-29(32(22)23)31-21(2)11-30-34(33(31)38)40-36(41-35(30)42-15-24-7-8-25(16-42)39-24)46-20-37(9-10-37)19-43-17-28-13-26(43)18-45-28/h1,4-6,11-12,14,24-26,28,39,44H,7-10,13,15-20H2,2H3/t24?,25?,26-,28-/m0/s1. The summed E-state index contributed by atoms with van der Waals surface area (Å²) in [5, 5.41) is 16.5. The van der Waals surface area contributed by atoms with Crippen LogP contribution in [-0.4, -0.2) is 83.6 Å². The van der Waals surface area contributed by atoms with Crippen molar-refractivity contribution in [2.24, 2.45) is 5.41 Å². The van der Waals surface area contributed by atoms with E-state index in [9.17, 15) is 5.11 Å². The van der Waals surface area contributed by atoms with Crippen LogP contribution in [0.1, 0.15) is 43.2 Å². The Morgan fingerprint density at radius 2 is 1.98 bits per heavy atom. The first kappa shape index (κ1) is 28.3. The number of benzene rings is 3. The number of ether oxygens (including phenoxy) is 2. The van der Waals surface area contributed by atoms with Crippen LogP contribution in [-0.2, 0) is 4.74 Å². The molecule has 1 aromatic heterocycles. The molecule has 2 unspecified atom stereocenters. The molecular formula is C37H38FN5O3. The number of phenols is 1. The average Bonchev–Trinajstić information content (AvgIpc) is 3.31. The smallest absolute Gasteiger partial charge is 0.319 e. The highest BCUT2D eigenvalue weighted by atomic mass is 19.1. The lowest BCUT2D eigenvalue weighted by Crippen LogP contribution is -2.51. The summed E-state index contributed by atoms with van der Waals surface area (Å²) in [5.41, 5.74) is 2.57. The number of hydrogen-bond acceptors (Lipinski definition) is 8. The summed E-state index contributed by atoms with van der Waals surface area (Å²) in [4.78, 5) is 14.6. The minimum atomic E-state index is -0.463. The van der Waals surface area contributed by atoms with Crippen molar-refractivity contribution in [2.75, 3.05) is 44.3 Å². The van der Waals surface area contributed by atoms with E-state index >= 15 is 4.39 Å². The van der Waals surface area contributed by atoms with Gasteiger partial charge in [0.1, 0.15) is 17.1 Å². The fraction of sp³-hybridized carbons (Fsp3) is 0.459. The molecule has 9 rings (SSSR count). The van der Waals surface area contributed by atoms with Gasteiger partial charge in [0.2, 0.25) is 0 Å². The number of terminal acetylenes is 1. The second kappa shape index (κ2) is 10.5. The van der Waals surface area contributed by atoms with Crippen molar-refractivity contribution in [1.82, 2.24) is 20.2 Å². The molecule has 8 nitrogen and oxygen atoms in total. The maximum absolute atomic E-state index is 17.1. The Balaban J connectivity index is 1.14. The first-order valence-corrected chi connectivity index (χ1v) is 16.6. The van der Waals surface area contributed by atoms with Crippen LogP contribution in [0.5, 0.6) is 11.8 Å². The topological polar surface area (TPSA) is 83.0 Å². The molecule has 0 radical (unpaired) electrons. The normalized spacial score (nSPS) is 26.2. The lowest BCUT2D eigenvalue weighted by atomic mass is 9.90. The minimum absolute atomic E-state index is 0.0479. The molecule has 236 valence electrons. The van der Waals surface area contributed by atoms with Crippen LogP contribution in [0.2, 0.25) is 0 Å². The van der Waals surface area contributed by atoms with Gasteiger partial charge in [-0.2, -0.15) is 9.97 Å². The highest BCUT2D eigenvalue weighted by Gasteiger charge is 2.49. The molecule has 3 aromatic carbocycles. The van der Waals surface area contributed by atoms with Gasteiger partial charge in [-0.05, 0) is 79.8 Å². The van der Waals surface area contributed by atoms with E-state index in [1.54, 1.807) is 12.1 Å². The zero-order valence-corrected chi connectivity index (χ0v) is 26.1. The Hall–Kier alpha value is -3.97. The third-order valence-electron chi connectivity index (χ3n) is 11.0. The molecule has 0 amide bonds. The summed E-state index contributed by atoms with van der Waals surface area (Å²) in [6.07, 6.45) is 11.8. The minimum Gasteiger partial charge on any atom is -0.508 e. The molecular weight excluding hydrogens is 581 g/mol. The summed E-state index contributed by atoms with van der Waals surface area (Å²) in [5.74, 6) is 3.05. The van der Waals surface area contributed by atoms with Crippen molar-refractivity contribution in [3.05, 3.63) is 53.3 Å². The zero-order valence-electron chi connectivity index (χ0n) is 26.1. The van der Waals surface area contributed by atoms with Crippen molar-refractivity contribution in [3.63, 3.8) is 0 Å². The number of halogens is 1. The average molecular weight is 620 g/mol. The van der Waals surface area contributed by atoms with Gasteiger partial charge in [0, 0.05) is 71.6 Å². The van der Waals surface area contributed by atoms with Gasteiger partial charge in [0.15, 0.2) is 5.82 Å². The fourth-order valence-corrected chi connectivity index (χ4v) is 8.50. The second-order valence-electron chi connectivity index (χ2n) is 14.3. The monoisotopic (exact) mass is 619 g/mol. The highest BCUT2D eigenvalue weighted by molar-refractivity contribution is 6.04. The van der Waals surface area contributed by atoms with E-state index in [4.69, 9.17) is 25.9 Å². The molecule has 0 spiro atoms. The largest absolute Gasteiger partial charge is 0.508 e. The third kappa shape index (κ3) is 4.69. The lowest BCUT2D eigenvalue weighted by molar-refractivity contribution is 0.0176. The molecule has 4 aromatic rings. The Labute approximate surface area is 267 Å². The van der Waals surface area contributed by atoms with Gasteiger partial charge in [-0.1, -0.05) is 18.1 Å². The van der Waals surface area contributed by atoms with Crippen LogP contribution in [0, 0.1) is 30.5 Å². The maximum Gasteiger partial charge on any atom is 0.319 e. The van der Waals surface area contributed by atoms with Gasteiger partial charge in [-0.25, -0.2) is 4.39 Å². The summed E-state index contributed by atoms with van der Waals surface area (Å²) >= 11 is 0. The van der Waals surface area contributed by atoms with E-state index in [1.807, 2.05) is 31.2 Å². The number of hydrogen-bond donors (Lipinski definition) is 2. The predicted octanol–water partition coefficient (Wildman–Crippen LogP) is 5.16. The van der Waals surface area contributed by atoms with Gasteiger partial charge in [0.25, 0.3) is 0 Å². The van der Waals surface area contributed by atoms with Crippen LogP contribution in [0.3, 0.4) is 0 Å². The first-order valence-electron chi connectivity index (χ1n) is 16.6. The predicted molar refractivity (Wildman–Crippen MR) is 176 cm³/mol. The number of phenolic OH excluding ortho intramolecular Hbond substituents is 1. The molecule has 5 fully saturated rings. The Morgan fingerprint density at radius 1 is 1.15 bits per heavy atom. The third-order valence-corrected chi connectivity index (χ3v) is 11.0. The number of aromatic hydroxyl groups is 1. The van der Waals surface area contributed by atoms with E-state index in [2.05, 4.69) is 21.0 Å². The molecule has 5 heterocycles. The number of morpholine rings is 1. The number of piperazine rings is 1. The summed E-state index contributed by atoms with van der Waals surface area (Å²) < 4.78 is 29.4. The van der Waals surface area contributed by atoms with Crippen LogP contribution in [0.15, 0.2) is 36.4 Å². The van der Waals surface area contributed by atoms with E-state index < -0.39 is 5.82 Å². The molecule has 46 heavy (non-hydrogen) atoms. The van der Waals surface area contributed by atoms with Crippen molar-refractivity contribution in [2.45, 2.75) is 63.3 Å². The Bertz CT molecular complexity index is 1920. The molecule has 4 saturated heterocycles. The molecule has 4 atom stereocenters. The van der Waals surface area contributed by atoms with Crippen LogP contribution in [0.4, 0.5) is 10.2 Å². The van der Waals surface area contributed by atoms with Gasteiger partial charge in [0.05, 0.1) is 19.3 Å².